The quantitative estimate of drug-likeness (QED) is 0.455. The lowest BCUT2D eigenvalue weighted by Gasteiger charge is -2.56. The van der Waals surface area contributed by atoms with Gasteiger partial charge < -0.3 is 10.2 Å². The molecule has 3 aliphatic rings. The second kappa shape index (κ2) is 7.89. The minimum Gasteiger partial charge on any atom is -0.353 e. The molecule has 3 saturated heterocycles. The van der Waals surface area contributed by atoms with Crippen molar-refractivity contribution in [2.24, 2.45) is 0 Å². The minimum absolute atomic E-state index is 0.0113. The van der Waals surface area contributed by atoms with Crippen LogP contribution in [0.25, 0.3) is 0 Å². The molecule has 0 radical (unpaired) electrons. The fraction of sp³-hybridized carbons (Fsp3) is 0.400. The Morgan fingerprint density at radius 1 is 1.25 bits per heavy atom. The van der Waals surface area contributed by atoms with Crippen LogP contribution in [-0.2, 0) is 4.79 Å². The summed E-state index contributed by atoms with van der Waals surface area (Å²) in [6, 6.07) is 9.73. The number of nitrogens with one attached hydrogen (secondary N) is 1. The highest BCUT2D eigenvalue weighted by atomic mass is 32.2. The number of carbonyl (C=O) groups excluding carboxylic acids is 2. The Morgan fingerprint density at radius 2 is 2.04 bits per heavy atom. The number of fused-ring (bicyclic) bond motifs is 2. The van der Waals surface area contributed by atoms with Gasteiger partial charge in [0.2, 0.25) is 5.91 Å². The van der Waals surface area contributed by atoms with Crippen LogP contribution >= 0.6 is 11.8 Å². The van der Waals surface area contributed by atoms with E-state index in [0.717, 1.165) is 30.5 Å². The van der Waals surface area contributed by atoms with Crippen molar-refractivity contribution in [1.29, 1.82) is 0 Å². The van der Waals surface area contributed by atoms with Crippen LogP contribution in [0.1, 0.15) is 23.7 Å². The van der Waals surface area contributed by atoms with Gasteiger partial charge in [-0.15, -0.1) is 0 Å². The first-order chi connectivity index (χ1) is 13.5. The Kier molecular flexibility index (Phi) is 5.32. The van der Waals surface area contributed by atoms with Crippen LogP contribution in [0.4, 0.5) is 11.5 Å². The average molecular weight is 398 g/mol. The van der Waals surface area contributed by atoms with Crippen molar-refractivity contribution in [2.75, 3.05) is 36.1 Å². The Labute approximate surface area is 168 Å². The molecule has 2 bridgehead atoms. The molecule has 28 heavy (non-hydrogen) atoms. The summed E-state index contributed by atoms with van der Waals surface area (Å²) in [5, 5.41) is 3.69. The predicted octanol–water partition coefficient (Wildman–Crippen LogP) is 2.30. The number of ketones is 1. The molecule has 2 unspecified atom stereocenters. The van der Waals surface area contributed by atoms with E-state index in [1.54, 1.807) is 30.5 Å². The van der Waals surface area contributed by atoms with Crippen molar-refractivity contribution >= 4 is 35.0 Å². The number of Topliss-reactive ketones (excluding diaryl/α,β-unsaturated/α-hetero) is 1. The van der Waals surface area contributed by atoms with E-state index in [1.165, 1.54) is 18.7 Å². The molecule has 2 atom stereocenters. The first-order valence-electron chi connectivity index (χ1n) is 9.32. The van der Waals surface area contributed by atoms with Crippen molar-refractivity contribution in [2.45, 2.75) is 30.6 Å². The van der Waals surface area contributed by atoms with Gasteiger partial charge in [-0.2, -0.15) is 0 Å². The third-order valence-corrected chi connectivity index (χ3v) is 5.91. The van der Waals surface area contributed by atoms with Crippen LogP contribution in [0.15, 0.2) is 41.7 Å². The number of rotatable bonds is 6. The summed E-state index contributed by atoms with van der Waals surface area (Å²) in [5.74, 6) is 0.901. The Balaban J connectivity index is 1.34. The van der Waals surface area contributed by atoms with E-state index in [2.05, 4.69) is 25.1 Å². The van der Waals surface area contributed by atoms with Crippen molar-refractivity contribution in [3.8, 4) is 0 Å². The van der Waals surface area contributed by atoms with E-state index < -0.39 is 0 Å². The lowest BCUT2D eigenvalue weighted by Crippen LogP contribution is -2.69. The first-order valence-corrected chi connectivity index (χ1v) is 10.5. The maximum Gasteiger partial charge on any atom is 0.238 e. The number of nitrogens with zero attached hydrogens (tertiary/aromatic N) is 4. The van der Waals surface area contributed by atoms with Crippen LogP contribution in [0, 0.1) is 0 Å². The molecule has 4 heterocycles. The molecule has 1 aromatic carbocycles. The Morgan fingerprint density at radius 3 is 2.75 bits per heavy atom. The third kappa shape index (κ3) is 3.88. The molecule has 1 N–H and O–H groups in total. The molecule has 1 aromatic heterocycles. The SMILES string of the molecule is CSc1nccc(N2CC3CC(C2)N3CC(=O)Nc2cccc(C(C)=O)c2)n1. The zero-order valence-electron chi connectivity index (χ0n) is 16.0. The fourth-order valence-electron chi connectivity index (χ4n) is 3.92. The van der Waals surface area contributed by atoms with E-state index in [4.69, 9.17) is 0 Å². The van der Waals surface area contributed by atoms with Crippen molar-refractivity contribution < 1.29 is 9.59 Å². The lowest BCUT2D eigenvalue weighted by molar-refractivity contribution is -0.121. The number of piperidine rings is 1. The summed E-state index contributed by atoms with van der Waals surface area (Å²) in [6.45, 7) is 3.63. The van der Waals surface area contributed by atoms with Gasteiger partial charge in [-0.3, -0.25) is 14.5 Å². The second-order valence-electron chi connectivity index (χ2n) is 7.21. The maximum atomic E-state index is 12.5. The molecule has 0 saturated carbocycles. The molecule has 0 spiro atoms. The smallest absolute Gasteiger partial charge is 0.238 e. The highest BCUT2D eigenvalue weighted by Crippen LogP contribution is 2.34. The number of piperazine rings is 1. The maximum absolute atomic E-state index is 12.5. The van der Waals surface area contributed by atoms with Gasteiger partial charge in [0.1, 0.15) is 5.82 Å². The minimum atomic E-state index is -0.0458. The van der Waals surface area contributed by atoms with Crippen LogP contribution in [-0.4, -0.2) is 64.5 Å². The van der Waals surface area contributed by atoms with Gasteiger partial charge in [0, 0.05) is 42.6 Å². The van der Waals surface area contributed by atoms with Crippen molar-refractivity contribution in [3.63, 3.8) is 0 Å². The van der Waals surface area contributed by atoms with Crippen molar-refractivity contribution in [3.05, 3.63) is 42.1 Å². The van der Waals surface area contributed by atoms with Gasteiger partial charge >= 0.3 is 0 Å². The zero-order valence-corrected chi connectivity index (χ0v) is 16.8. The Hall–Kier alpha value is -2.45. The summed E-state index contributed by atoms with van der Waals surface area (Å²) in [4.78, 5) is 37.4. The monoisotopic (exact) mass is 397 g/mol. The molecular weight excluding hydrogens is 374 g/mol. The fourth-order valence-corrected chi connectivity index (χ4v) is 4.27. The zero-order chi connectivity index (χ0) is 19.7. The molecule has 0 aliphatic carbocycles. The number of anilines is 2. The number of amides is 1. The molecule has 2 aromatic rings. The molecule has 5 rings (SSSR count). The first kappa shape index (κ1) is 18.9. The van der Waals surface area contributed by atoms with Gasteiger partial charge in [0.25, 0.3) is 0 Å². The van der Waals surface area contributed by atoms with E-state index in [-0.39, 0.29) is 11.7 Å². The molecule has 1 amide bonds. The van der Waals surface area contributed by atoms with Crippen LogP contribution in [0.3, 0.4) is 0 Å². The largest absolute Gasteiger partial charge is 0.353 e. The number of hydrogen-bond acceptors (Lipinski definition) is 7. The number of aromatic nitrogens is 2. The predicted molar refractivity (Wildman–Crippen MR) is 110 cm³/mol. The van der Waals surface area contributed by atoms with Gasteiger partial charge in [-0.1, -0.05) is 23.9 Å². The molecule has 3 fully saturated rings. The average Bonchev–Trinajstić information content (AvgIpc) is 2.72. The normalized spacial score (nSPS) is 21.1. The summed E-state index contributed by atoms with van der Waals surface area (Å²) in [7, 11) is 0. The van der Waals surface area contributed by atoms with E-state index in [1.807, 2.05) is 12.3 Å². The van der Waals surface area contributed by atoms with Gasteiger partial charge in [-0.05, 0) is 37.8 Å². The summed E-state index contributed by atoms with van der Waals surface area (Å²) >= 11 is 1.54. The molecule has 146 valence electrons. The number of carbonyl (C=O) groups is 2. The highest BCUT2D eigenvalue weighted by Gasteiger charge is 2.45. The van der Waals surface area contributed by atoms with Gasteiger partial charge in [0.05, 0.1) is 6.54 Å². The summed E-state index contributed by atoms with van der Waals surface area (Å²) in [5.41, 5.74) is 1.26. The molecule has 3 aliphatic heterocycles. The van der Waals surface area contributed by atoms with E-state index in [9.17, 15) is 9.59 Å². The standard InChI is InChI=1S/C20H23N5O2S/c1-13(26)14-4-3-5-15(8-14)22-19(27)12-25-16-9-17(25)11-24(10-16)18-6-7-21-20(23-18)28-2/h3-8,16-17H,9-12H2,1-2H3,(H,22,27). The highest BCUT2D eigenvalue weighted by molar-refractivity contribution is 7.98. The van der Waals surface area contributed by atoms with E-state index >= 15 is 0 Å². The Bertz CT molecular complexity index is 894. The van der Waals surface area contributed by atoms with E-state index in [0.29, 0.717) is 29.9 Å². The van der Waals surface area contributed by atoms with Crippen LogP contribution < -0.4 is 10.2 Å². The number of benzene rings is 1. The summed E-state index contributed by atoms with van der Waals surface area (Å²) in [6.07, 6.45) is 4.89. The molecule has 7 nitrogen and oxygen atoms in total. The summed E-state index contributed by atoms with van der Waals surface area (Å²) < 4.78 is 0. The van der Waals surface area contributed by atoms with Crippen LogP contribution in [0.5, 0.6) is 0 Å². The van der Waals surface area contributed by atoms with Gasteiger partial charge in [0.15, 0.2) is 10.9 Å². The van der Waals surface area contributed by atoms with Gasteiger partial charge in [-0.25, -0.2) is 9.97 Å². The number of hydrogen-bond donors (Lipinski definition) is 1. The second-order valence-corrected chi connectivity index (χ2v) is 7.98. The molecular formula is C20H23N5O2S. The lowest BCUT2D eigenvalue weighted by atomic mass is 9.87. The third-order valence-electron chi connectivity index (χ3n) is 5.35. The number of thioether (sulfide) groups is 1. The van der Waals surface area contributed by atoms with Crippen LogP contribution in [0.2, 0.25) is 0 Å². The molecule has 8 heteroatoms. The topological polar surface area (TPSA) is 78.4 Å². The van der Waals surface area contributed by atoms with Crippen molar-refractivity contribution in [1.82, 2.24) is 14.9 Å².